The van der Waals surface area contributed by atoms with Crippen LogP contribution in [0.4, 0.5) is 0 Å². The van der Waals surface area contributed by atoms with Crippen molar-refractivity contribution in [3.63, 3.8) is 0 Å². The first-order valence-electron chi connectivity index (χ1n) is 8.38. The zero-order valence-electron chi connectivity index (χ0n) is 12.3. The van der Waals surface area contributed by atoms with Crippen molar-refractivity contribution in [1.82, 2.24) is 5.32 Å². The molecule has 2 fully saturated rings. The van der Waals surface area contributed by atoms with Crippen LogP contribution < -0.4 is 5.32 Å². The Morgan fingerprint density at radius 3 is 1.94 bits per heavy atom. The fourth-order valence-corrected chi connectivity index (χ4v) is 7.57. The van der Waals surface area contributed by atoms with Gasteiger partial charge in [-0.1, -0.05) is 46.9 Å². The van der Waals surface area contributed by atoms with Gasteiger partial charge in [0.2, 0.25) is 0 Å². The van der Waals surface area contributed by atoms with Gasteiger partial charge in [0.25, 0.3) is 0 Å². The van der Waals surface area contributed by atoms with Gasteiger partial charge in [0, 0.05) is 0 Å². The molecular formula is C16H32NP. The van der Waals surface area contributed by atoms with Crippen LogP contribution in [0.15, 0.2) is 0 Å². The van der Waals surface area contributed by atoms with Gasteiger partial charge >= 0.3 is 0 Å². The molecule has 0 radical (unpaired) electrons. The molecule has 1 N–H and O–H groups in total. The van der Waals surface area contributed by atoms with Gasteiger partial charge in [0.15, 0.2) is 0 Å². The molecule has 0 aromatic carbocycles. The summed E-state index contributed by atoms with van der Waals surface area (Å²) in [5, 5.41) is 3.68. The lowest BCUT2D eigenvalue weighted by Gasteiger charge is -2.30. The highest BCUT2D eigenvalue weighted by atomic mass is 31.1. The SMILES string of the molecule is CCCCNCCP(C1CCCC1)C1CCCC1. The predicted octanol–water partition coefficient (Wildman–Crippen LogP) is 4.74. The smallest absolute Gasteiger partial charge is 0.000931 e. The molecule has 0 aliphatic heterocycles. The van der Waals surface area contributed by atoms with Crippen LogP contribution in [0.3, 0.4) is 0 Å². The Labute approximate surface area is 115 Å². The van der Waals surface area contributed by atoms with Crippen molar-refractivity contribution >= 4 is 7.92 Å². The van der Waals surface area contributed by atoms with Gasteiger partial charge in [-0.2, -0.15) is 0 Å². The van der Waals surface area contributed by atoms with Gasteiger partial charge in [-0.15, -0.1) is 0 Å². The molecule has 0 amide bonds. The van der Waals surface area contributed by atoms with Gasteiger partial charge in [0.1, 0.15) is 0 Å². The van der Waals surface area contributed by atoms with Crippen LogP contribution in [0.5, 0.6) is 0 Å². The van der Waals surface area contributed by atoms with Crippen LogP contribution in [-0.4, -0.2) is 30.6 Å². The first-order chi connectivity index (χ1) is 8.92. The van der Waals surface area contributed by atoms with Crippen LogP contribution in [-0.2, 0) is 0 Å². The van der Waals surface area contributed by atoms with Gasteiger partial charge in [-0.05, 0) is 62.7 Å². The van der Waals surface area contributed by atoms with Crippen molar-refractivity contribution in [2.75, 3.05) is 19.3 Å². The Morgan fingerprint density at radius 1 is 0.889 bits per heavy atom. The zero-order chi connectivity index (χ0) is 12.6. The Morgan fingerprint density at radius 2 is 1.44 bits per heavy atom. The first kappa shape index (κ1) is 14.8. The molecule has 0 aromatic rings. The molecule has 18 heavy (non-hydrogen) atoms. The molecule has 2 saturated carbocycles. The summed E-state index contributed by atoms with van der Waals surface area (Å²) in [6, 6.07) is 0. The Hall–Kier alpha value is 0.390. The topological polar surface area (TPSA) is 12.0 Å². The van der Waals surface area contributed by atoms with Gasteiger partial charge in [-0.3, -0.25) is 0 Å². The number of unbranched alkanes of at least 4 members (excludes halogenated alkanes) is 1. The molecule has 2 rings (SSSR count). The normalized spacial score (nSPS) is 22.3. The Balaban J connectivity index is 1.73. The fourth-order valence-electron chi connectivity index (χ4n) is 3.77. The van der Waals surface area contributed by atoms with Crippen molar-refractivity contribution < 1.29 is 0 Å². The summed E-state index contributed by atoms with van der Waals surface area (Å²) in [5.41, 5.74) is 2.30. The quantitative estimate of drug-likeness (QED) is 0.495. The van der Waals surface area contributed by atoms with Gasteiger partial charge in [-0.25, -0.2) is 0 Å². The molecule has 0 saturated heterocycles. The largest absolute Gasteiger partial charge is 0.316 e. The second-order valence-corrected chi connectivity index (χ2v) is 9.15. The summed E-state index contributed by atoms with van der Waals surface area (Å²) < 4.78 is 0. The third kappa shape index (κ3) is 4.49. The van der Waals surface area contributed by atoms with E-state index >= 15 is 0 Å². The molecule has 2 aliphatic rings. The van der Waals surface area contributed by atoms with Crippen molar-refractivity contribution in [3.8, 4) is 0 Å². The van der Waals surface area contributed by atoms with Gasteiger partial charge < -0.3 is 5.32 Å². The number of hydrogen-bond donors (Lipinski definition) is 1. The minimum Gasteiger partial charge on any atom is -0.316 e. The molecular weight excluding hydrogens is 237 g/mol. The maximum Gasteiger partial charge on any atom is -0.000931 e. The van der Waals surface area contributed by atoms with E-state index < -0.39 is 0 Å². The van der Waals surface area contributed by atoms with E-state index in [9.17, 15) is 0 Å². The first-order valence-corrected chi connectivity index (χ1v) is 10.0. The van der Waals surface area contributed by atoms with Crippen LogP contribution in [0.25, 0.3) is 0 Å². The highest BCUT2D eigenvalue weighted by Crippen LogP contribution is 2.56. The minimum absolute atomic E-state index is 0.354. The predicted molar refractivity (Wildman–Crippen MR) is 84.1 cm³/mol. The zero-order valence-corrected chi connectivity index (χ0v) is 13.2. The average molecular weight is 269 g/mol. The molecule has 1 nitrogen and oxygen atoms in total. The highest BCUT2D eigenvalue weighted by molar-refractivity contribution is 7.59. The number of nitrogens with one attached hydrogen (secondary N) is 1. The monoisotopic (exact) mass is 269 g/mol. The van der Waals surface area contributed by atoms with Crippen molar-refractivity contribution in [3.05, 3.63) is 0 Å². The van der Waals surface area contributed by atoms with E-state index in [-0.39, 0.29) is 0 Å². The van der Waals surface area contributed by atoms with E-state index in [1.165, 1.54) is 57.8 Å². The number of rotatable bonds is 8. The van der Waals surface area contributed by atoms with E-state index in [0.717, 1.165) is 11.3 Å². The third-order valence-corrected chi connectivity index (χ3v) is 8.49. The van der Waals surface area contributed by atoms with Crippen LogP contribution in [0, 0.1) is 0 Å². The molecule has 0 atom stereocenters. The molecule has 0 heterocycles. The van der Waals surface area contributed by atoms with Crippen LogP contribution in [0.2, 0.25) is 0 Å². The van der Waals surface area contributed by atoms with Crippen molar-refractivity contribution in [2.45, 2.75) is 82.4 Å². The van der Waals surface area contributed by atoms with Crippen LogP contribution in [0.1, 0.15) is 71.1 Å². The number of hydrogen-bond acceptors (Lipinski definition) is 1. The second kappa shape index (κ2) is 8.54. The van der Waals surface area contributed by atoms with E-state index in [4.69, 9.17) is 0 Å². The third-order valence-electron chi connectivity index (χ3n) is 4.84. The highest BCUT2D eigenvalue weighted by Gasteiger charge is 2.31. The summed E-state index contributed by atoms with van der Waals surface area (Å²) in [7, 11) is 0.354. The Kier molecular flexibility index (Phi) is 7.02. The fraction of sp³-hybridized carbons (Fsp3) is 1.00. The molecule has 0 aromatic heterocycles. The molecule has 106 valence electrons. The van der Waals surface area contributed by atoms with Crippen molar-refractivity contribution in [1.29, 1.82) is 0 Å². The standard InChI is InChI=1S/C16H32NP/c1-2-3-12-17-13-14-18(15-8-4-5-9-15)16-10-6-7-11-16/h15-17H,2-14H2,1H3. The maximum absolute atomic E-state index is 3.68. The second-order valence-electron chi connectivity index (χ2n) is 6.22. The average Bonchev–Trinajstić information content (AvgIpc) is 3.06. The van der Waals surface area contributed by atoms with E-state index in [1.807, 2.05) is 0 Å². The van der Waals surface area contributed by atoms with E-state index in [2.05, 4.69) is 12.2 Å². The van der Waals surface area contributed by atoms with Gasteiger partial charge in [0.05, 0.1) is 0 Å². The summed E-state index contributed by atoms with van der Waals surface area (Å²) in [5.74, 6) is 0. The maximum atomic E-state index is 3.68. The minimum atomic E-state index is 0.354. The van der Waals surface area contributed by atoms with Crippen LogP contribution >= 0.6 is 7.92 Å². The molecule has 2 heteroatoms. The summed E-state index contributed by atoms with van der Waals surface area (Å²) >= 11 is 0. The summed E-state index contributed by atoms with van der Waals surface area (Å²) in [6.07, 6.45) is 16.6. The molecule has 0 bridgehead atoms. The lowest BCUT2D eigenvalue weighted by molar-refractivity contribution is 0.662. The lowest BCUT2D eigenvalue weighted by Crippen LogP contribution is -2.23. The summed E-state index contributed by atoms with van der Waals surface area (Å²) in [6.45, 7) is 4.83. The van der Waals surface area contributed by atoms with E-state index in [1.54, 1.807) is 25.7 Å². The van der Waals surface area contributed by atoms with Crippen molar-refractivity contribution in [2.24, 2.45) is 0 Å². The summed E-state index contributed by atoms with van der Waals surface area (Å²) in [4.78, 5) is 0. The molecule has 0 unspecified atom stereocenters. The Bertz CT molecular complexity index is 191. The van der Waals surface area contributed by atoms with E-state index in [0.29, 0.717) is 7.92 Å². The lowest BCUT2D eigenvalue weighted by atomic mass is 10.3. The molecule has 2 aliphatic carbocycles. The molecule has 0 spiro atoms.